The molecule has 1 heterocycles. The second kappa shape index (κ2) is 6.09. The topological polar surface area (TPSA) is 64.9 Å². The average molecular weight is 287 g/mol. The van der Waals surface area contributed by atoms with Gasteiger partial charge in [-0.25, -0.2) is 0 Å². The fourth-order valence-corrected chi connectivity index (χ4v) is 2.39. The number of nitrogens with zero attached hydrogens (tertiary/aromatic N) is 1. The lowest BCUT2D eigenvalue weighted by atomic mass is 10.2. The van der Waals surface area contributed by atoms with Crippen LogP contribution in [0.2, 0.25) is 0 Å². The predicted molar refractivity (Wildman–Crippen MR) is 79.2 cm³/mol. The van der Waals surface area contributed by atoms with Crippen molar-refractivity contribution in [2.24, 2.45) is 0 Å². The SMILES string of the molecule is N#Cc1ccsc1NC(=S)NC(=O)c1ccccc1. The number of carbonyl (C=O) groups is 1. The first-order chi connectivity index (χ1) is 9.20. The Morgan fingerprint density at radius 2 is 2.00 bits per heavy atom. The molecule has 0 atom stereocenters. The minimum Gasteiger partial charge on any atom is -0.323 e. The van der Waals surface area contributed by atoms with E-state index in [0.717, 1.165) is 0 Å². The van der Waals surface area contributed by atoms with E-state index in [1.165, 1.54) is 11.3 Å². The van der Waals surface area contributed by atoms with Gasteiger partial charge in [0.2, 0.25) is 0 Å². The molecule has 0 aliphatic rings. The van der Waals surface area contributed by atoms with Crippen molar-refractivity contribution in [2.45, 2.75) is 0 Å². The summed E-state index contributed by atoms with van der Waals surface area (Å²) in [6.07, 6.45) is 0. The van der Waals surface area contributed by atoms with E-state index in [1.54, 1.807) is 35.7 Å². The van der Waals surface area contributed by atoms with E-state index in [9.17, 15) is 4.79 Å². The van der Waals surface area contributed by atoms with Crippen LogP contribution in [-0.2, 0) is 0 Å². The molecule has 0 bridgehead atoms. The third-order valence-corrected chi connectivity index (χ3v) is 3.31. The maximum absolute atomic E-state index is 11.8. The maximum atomic E-state index is 11.8. The molecule has 0 saturated carbocycles. The van der Waals surface area contributed by atoms with Gasteiger partial charge in [-0.1, -0.05) is 18.2 Å². The third-order valence-electron chi connectivity index (χ3n) is 2.28. The molecule has 0 unspecified atom stereocenters. The summed E-state index contributed by atoms with van der Waals surface area (Å²) in [5.74, 6) is -0.284. The Morgan fingerprint density at radius 3 is 2.68 bits per heavy atom. The van der Waals surface area contributed by atoms with Gasteiger partial charge in [0.15, 0.2) is 5.11 Å². The van der Waals surface area contributed by atoms with Crippen LogP contribution in [-0.4, -0.2) is 11.0 Å². The highest BCUT2D eigenvalue weighted by atomic mass is 32.1. The van der Waals surface area contributed by atoms with Gasteiger partial charge in [0, 0.05) is 5.56 Å². The molecule has 2 N–H and O–H groups in total. The Kier molecular flexibility index (Phi) is 4.23. The zero-order valence-corrected chi connectivity index (χ0v) is 11.3. The highest BCUT2D eigenvalue weighted by Gasteiger charge is 2.09. The lowest BCUT2D eigenvalue weighted by Gasteiger charge is -2.08. The van der Waals surface area contributed by atoms with Crippen molar-refractivity contribution >= 4 is 39.6 Å². The number of carbonyl (C=O) groups excluding carboxylic acids is 1. The second-order valence-electron chi connectivity index (χ2n) is 3.55. The number of nitrogens with one attached hydrogen (secondary N) is 2. The van der Waals surface area contributed by atoms with Crippen molar-refractivity contribution in [3.05, 3.63) is 52.9 Å². The number of thiocarbonyl (C=S) groups is 1. The summed E-state index contributed by atoms with van der Waals surface area (Å²) < 4.78 is 0. The van der Waals surface area contributed by atoms with Crippen molar-refractivity contribution < 1.29 is 4.79 Å². The number of amides is 1. The molecule has 94 valence electrons. The summed E-state index contributed by atoms with van der Waals surface area (Å²) in [6, 6.07) is 12.5. The van der Waals surface area contributed by atoms with Crippen LogP contribution in [0.25, 0.3) is 0 Å². The number of anilines is 1. The molecule has 0 aliphatic heterocycles. The number of nitriles is 1. The zero-order chi connectivity index (χ0) is 13.7. The van der Waals surface area contributed by atoms with E-state index < -0.39 is 0 Å². The predicted octanol–water partition coefficient (Wildman–Crippen LogP) is 2.75. The van der Waals surface area contributed by atoms with Gasteiger partial charge in [-0.2, -0.15) is 5.26 Å². The van der Waals surface area contributed by atoms with Crippen molar-refractivity contribution in [1.82, 2.24) is 5.32 Å². The number of rotatable bonds is 2. The third kappa shape index (κ3) is 3.37. The Morgan fingerprint density at radius 1 is 1.26 bits per heavy atom. The van der Waals surface area contributed by atoms with E-state index in [-0.39, 0.29) is 11.0 Å². The lowest BCUT2D eigenvalue weighted by Crippen LogP contribution is -2.34. The monoisotopic (exact) mass is 287 g/mol. The molecule has 1 aromatic carbocycles. The van der Waals surface area contributed by atoms with Crippen LogP contribution in [0.5, 0.6) is 0 Å². The number of hydrogen-bond donors (Lipinski definition) is 2. The molecule has 0 fully saturated rings. The summed E-state index contributed by atoms with van der Waals surface area (Å²) in [5, 5.41) is 16.8. The van der Waals surface area contributed by atoms with Crippen LogP contribution in [0.4, 0.5) is 5.00 Å². The van der Waals surface area contributed by atoms with Gasteiger partial charge < -0.3 is 5.32 Å². The molecule has 0 aliphatic carbocycles. The lowest BCUT2D eigenvalue weighted by molar-refractivity contribution is 0.0978. The van der Waals surface area contributed by atoms with Gasteiger partial charge in [0.1, 0.15) is 11.1 Å². The van der Waals surface area contributed by atoms with Gasteiger partial charge in [0.05, 0.1) is 5.56 Å². The first-order valence-electron chi connectivity index (χ1n) is 5.35. The standard InChI is InChI=1S/C13H9N3OS2/c14-8-10-6-7-19-12(10)16-13(18)15-11(17)9-4-2-1-3-5-9/h1-7H,(H2,15,16,17,18). The van der Waals surface area contributed by atoms with Gasteiger partial charge in [-0.15, -0.1) is 11.3 Å². The second-order valence-corrected chi connectivity index (χ2v) is 4.87. The Hall–Kier alpha value is -2.23. The van der Waals surface area contributed by atoms with Crippen molar-refractivity contribution in [1.29, 1.82) is 5.26 Å². The summed E-state index contributed by atoms with van der Waals surface area (Å²) in [6.45, 7) is 0. The molecule has 19 heavy (non-hydrogen) atoms. The normalized spacial score (nSPS) is 9.42. The van der Waals surface area contributed by atoms with Crippen molar-refractivity contribution in [3.63, 3.8) is 0 Å². The van der Waals surface area contributed by atoms with Gasteiger partial charge in [0.25, 0.3) is 5.91 Å². The molecule has 4 nitrogen and oxygen atoms in total. The fourth-order valence-electron chi connectivity index (χ4n) is 1.39. The molecule has 2 aromatic rings. The first-order valence-corrected chi connectivity index (χ1v) is 6.64. The zero-order valence-electron chi connectivity index (χ0n) is 9.71. The van der Waals surface area contributed by atoms with Gasteiger partial charge >= 0.3 is 0 Å². The largest absolute Gasteiger partial charge is 0.323 e. The van der Waals surface area contributed by atoms with Crippen LogP contribution in [0.3, 0.4) is 0 Å². The van der Waals surface area contributed by atoms with E-state index in [0.29, 0.717) is 16.1 Å². The number of hydrogen-bond acceptors (Lipinski definition) is 4. The van der Waals surface area contributed by atoms with E-state index in [2.05, 4.69) is 10.6 Å². The van der Waals surface area contributed by atoms with Crippen LogP contribution in [0.15, 0.2) is 41.8 Å². The Labute approximate surface area is 119 Å². The molecule has 6 heteroatoms. The smallest absolute Gasteiger partial charge is 0.257 e. The van der Waals surface area contributed by atoms with E-state index in [4.69, 9.17) is 17.5 Å². The molecule has 0 saturated heterocycles. The van der Waals surface area contributed by atoms with Crippen LogP contribution < -0.4 is 10.6 Å². The number of thiophene rings is 1. The molecular formula is C13H9N3OS2. The number of benzene rings is 1. The quantitative estimate of drug-likeness (QED) is 0.834. The molecule has 1 aromatic heterocycles. The minimum atomic E-state index is -0.284. The Balaban J connectivity index is 1.99. The minimum absolute atomic E-state index is 0.174. The molecule has 1 amide bonds. The first kappa shape index (κ1) is 13.2. The summed E-state index contributed by atoms with van der Waals surface area (Å²) in [4.78, 5) is 11.8. The van der Waals surface area contributed by atoms with Gasteiger partial charge in [-0.3, -0.25) is 10.1 Å². The summed E-state index contributed by atoms with van der Waals surface area (Å²) in [7, 11) is 0. The van der Waals surface area contributed by atoms with E-state index in [1.807, 2.05) is 12.1 Å². The van der Waals surface area contributed by atoms with Crippen LogP contribution >= 0.6 is 23.6 Å². The summed E-state index contributed by atoms with van der Waals surface area (Å²) in [5.41, 5.74) is 1.03. The van der Waals surface area contributed by atoms with E-state index >= 15 is 0 Å². The highest BCUT2D eigenvalue weighted by Crippen LogP contribution is 2.21. The fraction of sp³-hybridized carbons (Fsp3) is 0. The Bertz CT molecular complexity index is 643. The van der Waals surface area contributed by atoms with Crippen LogP contribution in [0, 0.1) is 11.3 Å². The maximum Gasteiger partial charge on any atom is 0.257 e. The van der Waals surface area contributed by atoms with Crippen molar-refractivity contribution in [3.8, 4) is 6.07 Å². The highest BCUT2D eigenvalue weighted by molar-refractivity contribution is 7.80. The molecule has 0 radical (unpaired) electrons. The van der Waals surface area contributed by atoms with Crippen LogP contribution in [0.1, 0.15) is 15.9 Å². The molecule has 0 spiro atoms. The van der Waals surface area contributed by atoms with Gasteiger partial charge in [-0.05, 0) is 35.8 Å². The van der Waals surface area contributed by atoms with Crippen molar-refractivity contribution in [2.75, 3.05) is 5.32 Å². The molecular weight excluding hydrogens is 278 g/mol. The molecule has 2 rings (SSSR count). The average Bonchev–Trinajstić information content (AvgIpc) is 2.86. The summed E-state index contributed by atoms with van der Waals surface area (Å²) >= 11 is 6.39.